The Morgan fingerprint density at radius 1 is 1.64 bits per heavy atom. The molecule has 2 atom stereocenters. The highest BCUT2D eigenvalue weighted by molar-refractivity contribution is 7.95. The number of ketones is 1. The molecule has 62 valence electrons. The zero-order chi connectivity index (χ0) is 8.85. The number of carbonyl (C=O) groups is 2. The standard InChI is InChI=1S/C4H7N2O3PS/c1-2(7)3(4(8)9)5-6-10-11/h3,5H,1H3,(H,6,11)(H,8,9)/p+1. The third kappa shape index (κ3) is 4.10. The van der Waals surface area contributed by atoms with Crippen molar-refractivity contribution in [2.45, 2.75) is 13.0 Å². The summed E-state index contributed by atoms with van der Waals surface area (Å²) in [6, 6.07) is -1.20. The SMILES string of the molecule is CC(=O)C(NN[PH+]=S)C(=O)O. The van der Waals surface area contributed by atoms with Crippen LogP contribution in [0.4, 0.5) is 0 Å². The summed E-state index contributed by atoms with van der Waals surface area (Å²) in [7, 11) is -0.0573. The van der Waals surface area contributed by atoms with E-state index < -0.39 is 17.8 Å². The number of carbonyl (C=O) groups excluding carboxylic acids is 1. The molecule has 0 aromatic heterocycles. The Bertz CT molecular complexity index is 172. The fourth-order valence-electron chi connectivity index (χ4n) is 0.439. The molecule has 0 heterocycles. The first-order chi connectivity index (χ1) is 5.09. The van der Waals surface area contributed by atoms with E-state index in [1.165, 1.54) is 6.92 Å². The van der Waals surface area contributed by atoms with E-state index >= 15 is 0 Å². The van der Waals surface area contributed by atoms with Gasteiger partial charge in [0.2, 0.25) is 0 Å². The van der Waals surface area contributed by atoms with Gasteiger partial charge in [-0.1, -0.05) is 5.20 Å². The van der Waals surface area contributed by atoms with Gasteiger partial charge in [-0.25, -0.2) is 4.79 Å². The highest BCUT2D eigenvalue weighted by atomic mass is 32.4. The Morgan fingerprint density at radius 2 is 2.18 bits per heavy atom. The molecule has 0 radical (unpaired) electrons. The summed E-state index contributed by atoms with van der Waals surface area (Å²) >= 11 is 4.49. The number of carboxylic acids is 1. The van der Waals surface area contributed by atoms with Crippen LogP contribution in [0.2, 0.25) is 0 Å². The van der Waals surface area contributed by atoms with Gasteiger partial charge in [-0.2, -0.15) is 5.43 Å². The van der Waals surface area contributed by atoms with Crippen LogP contribution in [0.25, 0.3) is 0 Å². The molecule has 0 aliphatic heterocycles. The van der Waals surface area contributed by atoms with Gasteiger partial charge in [0, 0.05) is 0 Å². The topological polar surface area (TPSA) is 78.4 Å². The van der Waals surface area contributed by atoms with Gasteiger partial charge in [-0.15, -0.1) is 0 Å². The van der Waals surface area contributed by atoms with Gasteiger partial charge in [-0.05, 0) is 6.92 Å². The van der Waals surface area contributed by atoms with E-state index in [2.05, 4.69) is 22.4 Å². The molecule has 0 amide bonds. The number of rotatable bonds is 5. The Hall–Kier alpha value is -0.420. The van der Waals surface area contributed by atoms with Crippen molar-refractivity contribution in [1.82, 2.24) is 10.6 Å². The lowest BCUT2D eigenvalue weighted by Gasteiger charge is -2.05. The van der Waals surface area contributed by atoms with Crippen molar-refractivity contribution in [3.05, 3.63) is 0 Å². The van der Waals surface area contributed by atoms with Gasteiger partial charge in [0.15, 0.2) is 23.6 Å². The van der Waals surface area contributed by atoms with Crippen LogP contribution in [-0.2, 0) is 21.4 Å². The fraction of sp³-hybridized carbons (Fsp3) is 0.500. The zero-order valence-corrected chi connectivity index (χ0v) is 7.57. The summed E-state index contributed by atoms with van der Waals surface area (Å²) in [5.41, 5.74) is 2.28. The average molecular weight is 195 g/mol. The monoisotopic (exact) mass is 195 g/mol. The van der Waals surface area contributed by atoms with Crippen LogP contribution < -0.4 is 10.6 Å². The summed E-state index contributed by atoms with van der Waals surface area (Å²) in [4.78, 5) is 20.9. The second kappa shape index (κ2) is 5.26. The summed E-state index contributed by atoms with van der Waals surface area (Å²) in [6.45, 7) is 1.19. The fourth-order valence-corrected chi connectivity index (χ4v) is 0.819. The zero-order valence-electron chi connectivity index (χ0n) is 5.75. The molecule has 2 unspecified atom stereocenters. The molecular weight excluding hydrogens is 187 g/mol. The molecule has 11 heavy (non-hydrogen) atoms. The Labute approximate surface area is 70.0 Å². The third-order valence-electron chi connectivity index (χ3n) is 0.921. The molecule has 0 spiro atoms. The van der Waals surface area contributed by atoms with Gasteiger partial charge in [0.05, 0.1) is 0 Å². The maximum Gasteiger partial charge on any atom is 0.329 e. The first kappa shape index (κ1) is 10.6. The highest BCUT2D eigenvalue weighted by Gasteiger charge is 2.21. The molecular formula is C4H8N2O3PS+. The van der Waals surface area contributed by atoms with E-state index in [0.29, 0.717) is 0 Å². The van der Waals surface area contributed by atoms with Crippen LogP contribution in [-0.4, -0.2) is 22.9 Å². The van der Waals surface area contributed by atoms with E-state index in [1.54, 1.807) is 0 Å². The molecule has 0 saturated heterocycles. The predicted octanol–water partition coefficient (Wildman–Crippen LogP) is -0.822. The molecule has 0 aromatic carbocycles. The van der Waals surface area contributed by atoms with Crippen molar-refractivity contribution < 1.29 is 14.7 Å². The largest absolute Gasteiger partial charge is 0.480 e. The number of nitrogens with one attached hydrogen (secondary N) is 2. The number of Topliss-reactive ketones (excluding diaryl/α,β-unsaturated/α-hetero) is 1. The molecule has 5 nitrogen and oxygen atoms in total. The quantitative estimate of drug-likeness (QED) is 0.302. The lowest BCUT2D eigenvalue weighted by atomic mass is 10.2. The predicted molar refractivity (Wildman–Crippen MR) is 44.1 cm³/mol. The molecule has 0 saturated carbocycles. The van der Waals surface area contributed by atoms with Crippen molar-refractivity contribution in [1.29, 1.82) is 0 Å². The van der Waals surface area contributed by atoms with Crippen LogP contribution in [0.1, 0.15) is 6.92 Å². The second-order valence-electron chi connectivity index (χ2n) is 1.75. The number of aliphatic carboxylic acids is 1. The minimum Gasteiger partial charge on any atom is -0.480 e. The summed E-state index contributed by atoms with van der Waals surface area (Å²) < 4.78 is 0. The minimum absolute atomic E-state index is 0.0573. The molecule has 0 aromatic rings. The van der Waals surface area contributed by atoms with Gasteiger partial charge in [-0.3, -0.25) is 4.79 Å². The Balaban J connectivity index is 4.00. The molecule has 3 N–H and O–H groups in total. The Morgan fingerprint density at radius 3 is 2.45 bits per heavy atom. The summed E-state index contributed by atoms with van der Waals surface area (Å²) in [5.74, 6) is -1.67. The van der Waals surface area contributed by atoms with Gasteiger partial charge in [0.25, 0.3) is 7.51 Å². The molecule has 0 rings (SSSR count). The lowest BCUT2D eigenvalue weighted by molar-refractivity contribution is -0.143. The van der Waals surface area contributed by atoms with Crippen molar-refractivity contribution in [3.8, 4) is 0 Å². The van der Waals surface area contributed by atoms with Gasteiger partial charge >= 0.3 is 5.97 Å². The van der Waals surface area contributed by atoms with E-state index in [0.717, 1.165) is 0 Å². The van der Waals surface area contributed by atoms with E-state index in [1.807, 2.05) is 0 Å². The van der Waals surface area contributed by atoms with E-state index in [9.17, 15) is 9.59 Å². The Kier molecular flexibility index (Phi) is 5.06. The number of hydrogen-bond acceptors (Lipinski definition) is 4. The summed E-state index contributed by atoms with van der Waals surface area (Å²) in [5, 5.41) is 10.8. The van der Waals surface area contributed by atoms with E-state index in [-0.39, 0.29) is 7.51 Å². The van der Waals surface area contributed by atoms with Crippen molar-refractivity contribution in [2.24, 2.45) is 0 Å². The second-order valence-corrected chi connectivity index (χ2v) is 2.82. The van der Waals surface area contributed by atoms with Crippen molar-refractivity contribution in [2.75, 3.05) is 0 Å². The summed E-state index contributed by atoms with van der Waals surface area (Å²) in [6.07, 6.45) is 0. The maximum absolute atomic E-state index is 10.6. The van der Waals surface area contributed by atoms with Crippen molar-refractivity contribution in [3.63, 3.8) is 0 Å². The highest BCUT2D eigenvalue weighted by Crippen LogP contribution is 1.86. The minimum atomic E-state index is -1.21. The molecule has 7 heteroatoms. The smallest absolute Gasteiger partial charge is 0.329 e. The first-order valence-corrected chi connectivity index (χ1v) is 4.83. The van der Waals surface area contributed by atoms with Gasteiger partial charge < -0.3 is 5.11 Å². The number of hydrogen-bond donors (Lipinski definition) is 3. The van der Waals surface area contributed by atoms with Crippen molar-refractivity contribution >= 4 is 31.1 Å². The maximum atomic E-state index is 10.6. The molecule has 0 aliphatic carbocycles. The third-order valence-corrected chi connectivity index (χ3v) is 1.47. The number of hydrazine groups is 1. The normalized spacial score (nSPS) is 12.8. The molecule has 0 fully saturated rings. The number of carboxylic acid groups (broad SMARTS) is 1. The van der Waals surface area contributed by atoms with E-state index in [4.69, 9.17) is 5.11 Å². The first-order valence-electron chi connectivity index (χ1n) is 2.70. The lowest BCUT2D eigenvalue weighted by Crippen LogP contribution is -2.46. The van der Waals surface area contributed by atoms with Crippen LogP contribution in [0.3, 0.4) is 0 Å². The van der Waals surface area contributed by atoms with Gasteiger partial charge in [0.1, 0.15) is 0 Å². The van der Waals surface area contributed by atoms with Crippen LogP contribution in [0.5, 0.6) is 0 Å². The molecule has 0 aliphatic rings. The van der Waals surface area contributed by atoms with Crippen LogP contribution >= 0.6 is 7.51 Å². The average Bonchev–Trinajstić information content (AvgIpc) is 1.87. The van der Waals surface area contributed by atoms with Crippen LogP contribution in [0.15, 0.2) is 0 Å². The van der Waals surface area contributed by atoms with Crippen LogP contribution in [0, 0.1) is 0 Å². The molecule has 0 bridgehead atoms.